The quantitative estimate of drug-likeness (QED) is 0.323. The van der Waals surface area contributed by atoms with E-state index in [4.69, 9.17) is 5.26 Å². The van der Waals surface area contributed by atoms with Crippen molar-refractivity contribution in [1.29, 1.82) is 5.26 Å². The highest BCUT2D eigenvalue weighted by Crippen LogP contribution is 2.34. The molecule has 2 aliphatic carbocycles. The first kappa shape index (κ1) is 18.0. The predicted molar refractivity (Wildman–Crippen MR) is 94.3 cm³/mol. The molecule has 2 heteroatoms. The average molecular weight is 315 g/mol. The van der Waals surface area contributed by atoms with Gasteiger partial charge in [0.15, 0.2) is 5.83 Å². The number of nitrogens with zero attached hydrogens (tertiary/aromatic N) is 1. The Bertz CT molecular complexity index is 467. The number of allylic oxidation sites excluding steroid dienone is 6. The number of hydrogen-bond donors (Lipinski definition) is 0. The first-order chi connectivity index (χ1) is 11.2. The Hall–Kier alpha value is -1.36. The van der Waals surface area contributed by atoms with Gasteiger partial charge in [0.05, 0.1) is 0 Å². The SMILES string of the molecule is CCC1CCC(/C=C/C2CCC(/C=C/C=C(\F)C#N)CC2)CC1. The number of rotatable bonds is 5. The summed E-state index contributed by atoms with van der Waals surface area (Å²) in [6, 6.07) is 1.50. The molecule has 126 valence electrons. The highest BCUT2D eigenvalue weighted by molar-refractivity contribution is 5.19. The predicted octanol–water partition coefficient (Wildman–Crippen LogP) is 6.50. The first-order valence-electron chi connectivity index (χ1n) is 9.33. The first-order valence-corrected chi connectivity index (χ1v) is 9.33. The third-order valence-electron chi connectivity index (χ3n) is 5.67. The smallest absolute Gasteiger partial charge is 0.195 e. The molecule has 2 fully saturated rings. The van der Waals surface area contributed by atoms with E-state index < -0.39 is 5.83 Å². The van der Waals surface area contributed by atoms with Crippen LogP contribution in [0.1, 0.15) is 64.7 Å². The summed E-state index contributed by atoms with van der Waals surface area (Å²) in [4.78, 5) is 0. The minimum absolute atomic E-state index is 0.544. The van der Waals surface area contributed by atoms with E-state index >= 15 is 0 Å². The van der Waals surface area contributed by atoms with E-state index in [0.717, 1.165) is 17.8 Å². The van der Waals surface area contributed by atoms with Gasteiger partial charge in [0.2, 0.25) is 0 Å². The second-order valence-electron chi connectivity index (χ2n) is 7.26. The minimum atomic E-state index is -0.712. The van der Waals surface area contributed by atoms with Gasteiger partial charge < -0.3 is 0 Å². The van der Waals surface area contributed by atoms with E-state index in [-0.39, 0.29) is 0 Å². The van der Waals surface area contributed by atoms with Crippen molar-refractivity contribution in [2.75, 3.05) is 0 Å². The largest absolute Gasteiger partial charge is 0.199 e. The maximum atomic E-state index is 12.7. The van der Waals surface area contributed by atoms with Crippen LogP contribution in [-0.4, -0.2) is 0 Å². The zero-order valence-corrected chi connectivity index (χ0v) is 14.4. The Balaban J connectivity index is 1.69. The molecule has 2 rings (SSSR count). The molecule has 0 bridgehead atoms. The Labute approximate surface area is 141 Å². The molecular formula is C21H30FN. The average Bonchev–Trinajstić information content (AvgIpc) is 2.61. The fourth-order valence-electron chi connectivity index (χ4n) is 3.97. The van der Waals surface area contributed by atoms with Crippen molar-refractivity contribution in [3.05, 3.63) is 36.2 Å². The van der Waals surface area contributed by atoms with Crippen molar-refractivity contribution in [1.82, 2.24) is 0 Å². The van der Waals surface area contributed by atoms with Gasteiger partial charge in [0, 0.05) is 0 Å². The van der Waals surface area contributed by atoms with Crippen LogP contribution in [0.2, 0.25) is 0 Å². The van der Waals surface area contributed by atoms with Gasteiger partial charge in [0.1, 0.15) is 6.07 Å². The van der Waals surface area contributed by atoms with Crippen LogP contribution < -0.4 is 0 Å². The molecule has 0 aliphatic heterocycles. The minimum Gasteiger partial charge on any atom is -0.195 e. The Morgan fingerprint density at radius 1 is 0.913 bits per heavy atom. The summed E-state index contributed by atoms with van der Waals surface area (Å²) in [6.45, 7) is 2.32. The molecule has 0 N–H and O–H groups in total. The fourth-order valence-corrected chi connectivity index (χ4v) is 3.97. The summed E-state index contributed by atoms with van der Waals surface area (Å²) < 4.78 is 12.7. The van der Waals surface area contributed by atoms with Gasteiger partial charge in [-0.2, -0.15) is 9.65 Å². The standard InChI is InChI=1S/C21H30FN/c1-2-17-6-8-19(9-7-17)14-15-20-12-10-18(11-13-20)4-3-5-21(22)16-23/h3-5,14-15,17-20H,2,6-13H2,1H3/b4-3+,15-14+,21-5-. The van der Waals surface area contributed by atoms with Gasteiger partial charge in [0.25, 0.3) is 0 Å². The van der Waals surface area contributed by atoms with Gasteiger partial charge in [-0.3, -0.25) is 0 Å². The molecule has 0 aromatic heterocycles. The summed E-state index contributed by atoms with van der Waals surface area (Å²) >= 11 is 0. The lowest BCUT2D eigenvalue weighted by atomic mass is 9.78. The van der Waals surface area contributed by atoms with Crippen molar-refractivity contribution >= 4 is 0 Å². The van der Waals surface area contributed by atoms with Crippen molar-refractivity contribution < 1.29 is 4.39 Å². The molecule has 0 aromatic rings. The molecule has 2 saturated carbocycles. The highest BCUT2D eigenvalue weighted by Gasteiger charge is 2.20. The Morgan fingerprint density at radius 2 is 1.39 bits per heavy atom. The molecule has 1 nitrogen and oxygen atoms in total. The lowest BCUT2D eigenvalue weighted by molar-refractivity contribution is 0.301. The third kappa shape index (κ3) is 6.34. The summed E-state index contributed by atoms with van der Waals surface area (Å²) in [5, 5.41) is 8.37. The lowest BCUT2D eigenvalue weighted by Crippen LogP contribution is -2.14. The molecule has 0 atom stereocenters. The van der Waals surface area contributed by atoms with Crippen LogP contribution in [-0.2, 0) is 0 Å². The Morgan fingerprint density at radius 3 is 1.87 bits per heavy atom. The summed E-state index contributed by atoms with van der Waals surface area (Å²) in [7, 11) is 0. The van der Waals surface area contributed by atoms with Gasteiger partial charge in [-0.05, 0) is 81.1 Å². The van der Waals surface area contributed by atoms with Gasteiger partial charge in [-0.1, -0.05) is 37.6 Å². The monoisotopic (exact) mass is 315 g/mol. The van der Waals surface area contributed by atoms with Gasteiger partial charge >= 0.3 is 0 Å². The topological polar surface area (TPSA) is 23.8 Å². The van der Waals surface area contributed by atoms with Gasteiger partial charge in [-0.15, -0.1) is 0 Å². The number of hydrogen-bond acceptors (Lipinski definition) is 1. The van der Waals surface area contributed by atoms with E-state index in [1.165, 1.54) is 69.9 Å². The molecule has 0 saturated heterocycles. The number of nitriles is 1. The van der Waals surface area contributed by atoms with Crippen LogP contribution in [0.5, 0.6) is 0 Å². The summed E-state index contributed by atoms with van der Waals surface area (Å²) in [5.41, 5.74) is 0. The van der Waals surface area contributed by atoms with Crippen molar-refractivity contribution in [2.24, 2.45) is 23.7 Å². The zero-order chi connectivity index (χ0) is 16.5. The van der Waals surface area contributed by atoms with E-state index in [1.807, 2.05) is 0 Å². The molecule has 0 spiro atoms. The normalized spacial score (nSPS) is 33.2. The van der Waals surface area contributed by atoms with E-state index in [1.54, 1.807) is 6.08 Å². The molecule has 23 heavy (non-hydrogen) atoms. The molecule has 0 aromatic carbocycles. The molecule has 0 radical (unpaired) electrons. The van der Waals surface area contributed by atoms with Crippen molar-refractivity contribution in [2.45, 2.75) is 64.7 Å². The van der Waals surface area contributed by atoms with Crippen LogP contribution >= 0.6 is 0 Å². The lowest BCUT2D eigenvalue weighted by Gasteiger charge is -2.27. The summed E-state index contributed by atoms with van der Waals surface area (Å²) in [6.07, 6.45) is 21.8. The van der Waals surface area contributed by atoms with Gasteiger partial charge in [-0.25, -0.2) is 0 Å². The van der Waals surface area contributed by atoms with E-state index in [9.17, 15) is 4.39 Å². The second-order valence-corrected chi connectivity index (χ2v) is 7.26. The molecule has 0 unspecified atom stereocenters. The van der Waals surface area contributed by atoms with Crippen LogP contribution in [0, 0.1) is 35.0 Å². The highest BCUT2D eigenvalue weighted by atomic mass is 19.1. The number of halogens is 1. The Kier molecular flexibility index (Phi) is 7.59. The molecular weight excluding hydrogens is 285 g/mol. The van der Waals surface area contributed by atoms with Crippen LogP contribution in [0.25, 0.3) is 0 Å². The van der Waals surface area contributed by atoms with Crippen LogP contribution in [0.15, 0.2) is 36.2 Å². The zero-order valence-electron chi connectivity index (χ0n) is 14.4. The second kappa shape index (κ2) is 9.71. The van der Waals surface area contributed by atoms with Crippen LogP contribution in [0.3, 0.4) is 0 Å². The molecule has 2 aliphatic rings. The maximum Gasteiger partial charge on any atom is 0.199 e. The van der Waals surface area contributed by atoms with Crippen molar-refractivity contribution in [3.63, 3.8) is 0 Å². The van der Waals surface area contributed by atoms with E-state index in [0.29, 0.717) is 5.92 Å². The molecule has 0 amide bonds. The third-order valence-corrected chi connectivity index (χ3v) is 5.67. The maximum absolute atomic E-state index is 12.7. The fraction of sp³-hybridized carbons (Fsp3) is 0.667. The van der Waals surface area contributed by atoms with Crippen LogP contribution in [0.4, 0.5) is 4.39 Å². The summed E-state index contributed by atoms with van der Waals surface area (Å²) in [5.74, 6) is 2.35. The van der Waals surface area contributed by atoms with Crippen molar-refractivity contribution in [3.8, 4) is 6.07 Å². The van der Waals surface area contributed by atoms with E-state index in [2.05, 4.69) is 25.2 Å². The molecule has 0 heterocycles.